The summed E-state index contributed by atoms with van der Waals surface area (Å²) < 4.78 is 5.77. The van der Waals surface area contributed by atoms with Crippen LogP contribution in [0.5, 0.6) is 5.75 Å². The van der Waals surface area contributed by atoms with Gasteiger partial charge in [0.2, 0.25) is 0 Å². The molecule has 0 aliphatic carbocycles. The number of anilines is 1. The van der Waals surface area contributed by atoms with Crippen molar-refractivity contribution in [3.05, 3.63) is 96.8 Å². The molecule has 0 spiro atoms. The van der Waals surface area contributed by atoms with Gasteiger partial charge in [0.05, 0.1) is 20.6 Å². The molecule has 1 saturated heterocycles. The molecule has 1 aliphatic heterocycles. The van der Waals surface area contributed by atoms with Crippen LogP contribution in [0, 0.1) is 0 Å². The minimum atomic E-state index is -0.447. The maximum absolute atomic E-state index is 12.8. The number of carbonyl (C=O) groups excluding carboxylic acids is 2. The van der Waals surface area contributed by atoms with Crippen LogP contribution in [0.3, 0.4) is 0 Å². The first-order valence-electron chi connectivity index (χ1n) is 9.21. The minimum absolute atomic E-state index is 0.247. The van der Waals surface area contributed by atoms with Crippen molar-refractivity contribution in [3.8, 4) is 5.75 Å². The van der Waals surface area contributed by atoms with Crippen LogP contribution < -0.4 is 9.64 Å². The van der Waals surface area contributed by atoms with Crippen molar-refractivity contribution >= 4 is 81.1 Å². The van der Waals surface area contributed by atoms with Crippen molar-refractivity contribution in [2.24, 2.45) is 0 Å². The molecule has 0 unspecified atom stereocenters. The van der Waals surface area contributed by atoms with Gasteiger partial charge in [0.1, 0.15) is 6.61 Å². The Morgan fingerprint density at radius 1 is 0.875 bits per heavy atom. The maximum Gasteiger partial charge on any atom is 0.298 e. The predicted octanol–water partition coefficient (Wildman–Crippen LogP) is 8.12. The van der Waals surface area contributed by atoms with Gasteiger partial charge in [-0.25, -0.2) is 4.90 Å². The summed E-state index contributed by atoms with van der Waals surface area (Å²) in [5.74, 6) is -0.120. The summed E-state index contributed by atoms with van der Waals surface area (Å²) in [7, 11) is 0. The molecule has 4 rings (SSSR count). The quantitative estimate of drug-likeness (QED) is 0.316. The van der Waals surface area contributed by atoms with Gasteiger partial charge in [-0.1, -0.05) is 64.6 Å². The number of imide groups is 1. The van der Waals surface area contributed by atoms with Gasteiger partial charge in [0.25, 0.3) is 11.1 Å². The number of halogens is 4. The van der Waals surface area contributed by atoms with E-state index in [1.165, 1.54) is 0 Å². The molecule has 3 aromatic rings. The third-order valence-electron chi connectivity index (χ3n) is 4.47. The standard InChI is InChI=1S/C23H13Cl4NO3S/c24-15-6-4-13(5-7-15)12-31-21-18(26)8-14(9-19(21)27)10-20-22(29)28(23(30)32-20)17-3-1-2-16(25)11-17/h1-11H,12H2/b20-10+. The lowest BCUT2D eigenvalue weighted by Gasteiger charge is -2.12. The Hall–Kier alpha value is -2.15. The van der Waals surface area contributed by atoms with Crippen molar-refractivity contribution in [1.82, 2.24) is 0 Å². The smallest absolute Gasteiger partial charge is 0.298 e. The lowest BCUT2D eigenvalue weighted by atomic mass is 10.2. The second-order valence-corrected chi connectivity index (χ2v) is 9.41. The van der Waals surface area contributed by atoms with Crippen molar-refractivity contribution in [2.75, 3.05) is 4.90 Å². The molecule has 9 heteroatoms. The summed E-state index contributed by atoms with van der Waals surface area (Å²) in [6.07, 6.45) is 1.57. The molecule has 1 fully saturated rings. The molecule has 0 bridgehead atoms. The van der Waals surface area contributed by atoms with E-state index in [2.05, 4.69) is 0 Å². The van der Waals surface area contributed by atoms with Gasteiger partial charge in [-0.05, 0) is 71.4 Å². The Kier molecular flexibility index (Phi) is 7.03. The average molecular weight is 525 g/mol. The Morgan fingerprint density at radius 3 is 2.22 bits per heavy atom. The molecule has 0 atom stereocenters. The van der Waals surface area contributed by atoms with Crippen LogP contribution in [0.1, 0.15) is 11.1 Å². The minimum Gasteiger partial charge on any atom is -0.486 e. The molecule has 0 saturated carbocycles. The predicted molar refractivity (Wildman–Crippen MR) is 132 cm³/mol. The van der Waals surface area contributed by atoms with E-state index < -0.39 is 11.1 Å². The van der Waals surface area contributed by atoms with Crippen LogP contribution in [0.2, 0.25) is 20.1 Å². The van der Waals surface area contributed by atoms with E-state index in [9.17, 15) is 9.59 Å². The molecule has 162 valence electrons. The second-order valence-electron chi connectivity index (χ2n) is 6.73. The number of rotatable bonds is 5. The highest BCUT2D eigenvalue weighted by Crippen LogP contribution is 2.39. The lowest BCUT2D eigenvalue weighted by molar-refractivity contribution is -0.113. The summed E-state index contributed by atoms with van der Waals surface area (Å²) in [5, 5.41) is 1.22. The SMILES string of the molecule is O=C1S/C(=C/c2cc(Cl)c(OCc3ccc(Cl)cc3)c(Cl)c2)C(=O)N1c1cccc(Cl)c1. The third-order valence-corrected chi connectivity index (χ3v) is 6.39. The third kappa shape index (κ3) is 5.08. The van der Waals surface area contributed by atoms with Gasteiger partial charge in [0.15, 0.2) is 5.75 Å². The Labute approximate surface area is 208 Å². The lowest BCUT2D eigenvalue weighted by Crippen LogP contribution is -2.27. The van der Waals surface area contributed by atoms with Crippen LogP contribution in [0.4, 0.5) is 10.5 Å². The van der Waals surface area contributed by atoms with Crippen LogP contribution in [-0.2, 0) is 11.4 Å². The second kappa shape index (κ2) is 9.77. The van der Waals surface area contributed by atoms with Gasteiger partial charge in [-0.2, -0.15) is 0 Å². The molecule has 32 heavy (non-hydrogen) atoms. The highest BCUT2D eigenvalue weighted by molar-refractivity contribution is 8.19. The normalized spacial score (nSPS) is 15.0. The molecular weight excluding hydrogens is 512 g/mol. The number of nitrogens with zero attached hydrogens (tertiary/aromatic N) is 1. The van der Waals surface area contributed by atoms with Crippen molar-refractivity contribution in [2.45, 2.75) is 6.61 Å². The highest BCUT2D eigenvalue weighted by Gasteiger charge is 2.36. The molecule has 0 aromatic heterocycles. The zero-order chi connectivity index (χ0) is 22.8. The van der Waals surface area contributed by atoms with E-state index >= 15 is 0 Å². The Balaban J connectivity index is 1.54. The largest absolute Gasteiger partial charge is 0.486 e. The number of ether oxygens (including phenoxy) is 1. The van der Waals surface area contributed by atoms with Gasteiger partial charge < -0.3 is 4.74 Å². The molecule has 3 aromatic carbocycles. The summed E-state index contributed by atoms with van der Waals surface area (Å²) >= 11 is 25.5. The van der Waals surface area contributed by atoms with Crippen molar-refractivity contribution < 1.29 is 14.3 Å². The number of amides is 2. The first-order chi connectivity index (χ1) is 15.3. The maximum atomic E-state index is 12.8. The zero-order valence-corrected chi connectivity index (χ0v) is 20.0. The summed E-state index contributed by atoms with van der Waals surface area (Å²) in [6, 6.07) is 17.0. The van der Waals surface area contributed by atoms with Gasteiger partial charge in [0, 0.05) is 10.0 Å². The molecule has 0 N–H and O–H groups in total. The van der Waals surface area contributed by atoms with E-state index in [-0.39, 0.29) is 21.6 Å². The monoisotopic (exact) mass is 523 g/mol. The molecule has 2 amide bonds. The van der Waals surface area contributed by atoms with E-state index in [0.717, 1.165) is 22.2 Å². The van der Waals surface area contributed by atoms with E-state index in [4.69, 9.17) is 51.1 Å². The molecule has 1 aliphatic rings. The van der Waals surface area contributed by atoms with E-state index in [0.29, 0.717) is 27.0 Å². The van der Waals surface area contributed by atoms with Crippen molar-refractivity contribution in [1.29, 1.82) is 0 Å². The first-order valence-corrected chi connectivity index (χ1v) is 11.5. The number of thioether (sulfide) groups is 1. The fourth-order valence-electron chi connectivity index (χ4n) is 2.99. The van der Waals surface area contributed by atoms with Crippen LogP contribution in [-0.4, -0.2) is 11.1 Å². The van der Waals surface area contributed by atoms with Crippen molar-refractivity contribution in [3.63, 3.8) is 0 Å². The molecule has 0 radical (unpaired) electrons. The average Bonchev–Trinajstić information content (AvgIpc) is 3.01. The zero-order valence-electron chi connectivity index (χ0n) is 16.2. The van der Waals surface area contributed by atoms with Gasteiger partial charge >= 0.3 is 0 Å². The Bertz CT molecular complexity index is 1220. The van der Waals surface area contributed by atoms with Gasteiger partial charge in [-0.15, -0.1) is 0 Å². The molecular formula is C23H13Cl4NO3S. The fourth-order valence-corrected chi connectivity index (χ4v) is 4.76. The number of carbonyl (C=O) groups is 2. The number of hydrogen-bond acceptors (Lipinski definition) is 4. The summed E-state index contributed by atoms with van der Waals surface area (Å²) in [4.78, 5) is 26.6. The number of benzene rings is 3. The van der Waals surface area contributed by atoms with Crippen LogP contribution >= 0.6 is 58.2 Å². The molecule has 4 nitrogen and oxygen atoms in total. The fraction of sp³-hybridized carbons (Fsp3) is 0.0435. The Morgan fingerprint density at radius 2 is 1.56 bits per heavy atom. The molecule has 1 heterocycles. The van der Waals surface area contributed by atoms with Crippen LogP contribution in [0.25, 0.3) is 6.08 Å². The summed E-state index contributed by atoms with van der Waals surface area (Å²) in [6.45, 7) is 0.258. The first kappa shape index (κ1) is 23.0. The topological polar surface area (TPSA) is 46.6 Å². The van der Waals surface area contributed by atoms with Crippen LogP contribution in [0.15, 0.2) is 65.6 Å². The highest BCUT2D eigenvalue weighted by atomic mass is 35.5. The van der Waals surface area contributed by atoms with E-state index in [1.807, 2.05) is 12.1 Å². The number of hydrogen-bond donors (Lipinski definition) is 0. The van der Waals surface area contributed by atoms with Gasteiger partial charge in [-0.3, -0.25) is 9.59 Å². The summed E-state index contributed by atoms with van der Waals surface area (Å²) in [5.41, 5.74) is 1.88. The van der Waals surface area contributed by atoms with E-state index in [1.54, 1.807) is 54.6 Å².